The Bertz CT molecular complexity index is 263. The molecule has 0 aromatic carbocycles. The third kappa shape index (κ3) is 2.31. The molecule has 1 saturated heterocycles. The van der Waals surface area contributed by atoms with Gasteiger partial charge >= 0.3 is 5.97 Å². The van der Waals surface area contributed by atoms with E-state index in [1.807, 2.05) is 0 Å². The van der Waals surface area contributed by atoms with Gasteiger partial charge in [-0.15, -0.1) is 5.06 Å². The Morgan fingerprint density at radius 2 is 2.00 bits per heavy atom. The molecule has 0 saturated carbocycles. The van der Waals surface area contributed by atoms with E-state index in [9.17, 15) is 14.4 Å². The Morgan fingerprint density at radius 3 is 2.43 bits per heavy atom. The SMILES string of the molecule is CCC(Br)C(=O)ON1C(=O)CCC1=O. The minimum Gasteiger partial charge on any atom is -0.329 e. The van der Waals surface area contributed by atoms with Gasteiger partial charge in [0.15, 0.2) is 0 Å². The van der Waals surface area contributed by atoms with Crippen molar-refractivity contribution < 1.29 is 19.2 Å². The molecule has 1 aliphatic heterocycles. The fourth-order valence-corrected chi connectivity index (χ4v) is 1.06. The summed E-state index contributed by atoms with van der Waals surface area (Å²) >= 11 is 3.07. The summed E-state index contributed by atoms with van der Waals surface area (Å²) in [5.41, 5.74) is 0. The quantitative estimate of drug-likeness (QED) is 0.557. The number of amides is 2. The molecule has 0 radical (unpaired) electrons. The summed E-state index contributed by atoms with van der Waals surface area (Å²) in [7, 11) is 0. The predicted molar refractivity (Wildman–Crippen MR) is 50.2 cm³/mol. The van der Waals surface area contributed by atoms with Gasteiger partial charge in [-0.05, 0) is 6.42 Å². The third-order valence-corrected chi connectivity index (χ3v) is 2.82. The van der Waals surface area contributed by atoms with Crippen LogP contribution in [0.2, 0.25) is 0 Å². The van der Waals surface area contributed by atoms with Crippen LogP contribution in [0.5, 0.6) is 0 Å². The summed E-state index contributed by atoms with van der Waals surface area (Å²) < 4.78 is 0. The molecule has 1 rings (SSSR count). The maximum Gasteiger partial charge on any atom is 0.346 e. The average Bonchev–Trinajstić information content (AvgIpc) is 2.48. The third-order valence-electron chi connectivity index (χ3n) is 1.80. The number of rotatable bonds is 3. The second kappa shape index (κ2) is 4.54. The second-order valence-corrected chi connectivity index (χ2v) is 3.97. The van der Waals surface area contributed by atoms with Crippen LogP contribution in [0.3, 0.4) is 0 Å². The molecule has 1 aliphatic rings. The van der Waals surface area contributed by atoms with Crippen molar-refractivity contribution in [2.45, 2.75) is 31.0 Å². The van der Waals surface area contributed by atoms with E-state index >= 15 is 0 Å². The van der Waals surface area contributed by atoms with Gasteiger partial charge in [-0.1, -0.05) is 22.9 Å². The number of carbonyl (C=O) groups is 3. The molecule has 0 spiro atoms. The van der Waals surface area contributed by atoms with E-state index in [0.29, 0.717) is 11.5 Å². The lowest BCUT2D eigenvalue weighted by atomic mass is 10.3. The molecule has 1 fully saturated rings. The van der Waals surface area contributed by atoms with Crippen LogP contribution in [0.15, 0.2) is 0 Å². The van der Waals surface area contributed by atoms with Gasteiger partial charge in [0.05, 0.1) is 0 Å². The fourth-order valence-electron chi connectivity index (χ4n) is 0.972. The number of nitrogens with zero attached hydrogens (tertiary/aromatic N) is 1. The number of halogens is 1. The molecule has 0 N–H and O–H groups in total. The molecule has 0 bridgehead atoms. The highest BCUT2D eigenvalue weighted by molar-refractivity contribution is 9.10. The van der Waals surface area contributed by atoms with E-state index < -0.39 is 22.6 Å². The highest BCUT2D eigenvalue weighted by atomic mass is 79.9. The molecule has 0 aromatic rings. The number of hydroxylamine groups is 2. The van der Waals surface area contributed by atoms with Gasteiger partial charge in [-0.25, -0.2) is 4.79 Å². The van der Waals surface area contributed by atoms with Crippen molar-refractivity contribution in [3.8, 4) is 0 Å². The first-order valence-corrected chi connectivity index (χ1v) is 5.19. The van der Waals surface area contributed by atoms with Gasteiger partial charge < -0.3 is 4.84 Å². The number of imide groups is 1. The van der Waals surface area contributed by atoms with E-state index in [0.717, 1.165) is 0 Å². The topological polar surface area (TPSA) is 63.7 Å². The number of hydrogen-bond donors (Lipinski definition) is 0. The molecule has 5 nitrogen and oxygen atoms in total. The number of carbonyl (C=O) groups excluding carboxylic acids is 3. The lowest BCUT2D eigenvalue weighted by Gasteiger charge is -2.14. The normalized spacial score (nSPS) is 18.6. The number of alkyl halides is 1. The highest BCUT2D eigenvalue weighted by Gasteiger charge is 2.33. The van der Waals surface area contributed by atoms with Gasteiger partial charge in [-0.3, -0.25) is 9.59 Å². The molecule has 1 unspecified atom stereocenters. The van der Waals surface area contributed by atoms with E-state index in [4.69, 9.17) is 0 Å². The number of hydrogen-bond acceptors (Lipinski definition) is 4. The maximum atomic E-state index is 11.2. The van der Waals surface area contributed by atoms with E-state index in [-0.39, 0.29) is 12.8 Å². The molecular weight excluding hydrogens is 254 g/mol. The van der Waals surface area contributed by atoms with Crippen LogP contribution in [-0.2, 0) is 19.2 Å². The maximum absolute atomic E-state index is 11.2. The molecule has 78 valence electrons. The Morgan fingerprint density at radius 1 is 1.50 bits per heavy atom. The minimum absolute atomic E-state index is 0.116. The van der Waals surface area contributed by atoms with Crippen molar-refractivity contribution in [1.29, 1.82) is 0 Å². The first-order chi connectivity index (χ1) is 6.56. The van der Waals surface area contributed by atoms with Gasteiger partial charge in [-0.2, -0.15) is 0 Å². The summed E-state index contributed by atoms with van der Waals surface area (Å²) in [5, 5.41) is 0.548. The van der Waals surface area contributed by atoms with Crippen LogP contribution in [0.4, 0.5) is 0 Å². The Labute approximate surface area is 89.5 Å². The smallest absolute Gasteiger partial charge is 0.329 e. The van der Waals surface area contributed by atoms with Crippen molar-refractivity contribution in [2.75, 3.05) is 0 Å². The van der Waals surface area contributed by atoms with Crippen molar-refractivity contribution in [2.24, 2.45) is 0 Å². The molecule has 1 atom stereocenters. The monoisotopic (exact) mass is 263 g/mol. The lowest BCUT2D eigenvalue weighted by molar-refractivity contribution is -0.196. The van der Waals surface area contributed by atoms with Crippen molar-refractivity contribution >= 4 is 33.7 Å². The van der Waals surface area contributed by atoms with Crippen molar-refractivity contribution in [3.63, 3.8) is 0 Å². The zero-order valence-corrected chi connectivity index (χ0v) is 9.24. The van der Waals surface area contributed by atoms with E-state index in [2.05, 4.69) is 20.8 Å². The molecule has 0 aliphatic carbocycles. The zero-order chi connectivity index (χ0) is 10.7. The zero-order valence-electron chi connectivity index (χ0n) is 7.66. The second-order valence-electron chi connectivity index (χ2n) is 2.87. The Hall–Kier alpha value is -0.910. The first-order valence-electron chi connectivity index (χ1n) is 4.28. The Kier molecular flexibility index (Phi) is 3.62. The van der Waals surface area contributed by atoms with Gasteiger partial charge in [0.2, 0.25) is 0 Å². The van der Waals surface area contributed by atoms with Crippen LogP contribution in [0, 0.1) is 0 Å². The van der Waals surface area contributed by atoms with Gasteiger partial charge in [0.1, 0.15) is 4.83 Å². The van der Waals surface area contributed by atoms with Crippen molar-refractivity contribution in [3.05, 3.63) is 0 Å². The largest absolute Gasteiger partial charge is 0.346 e. The fraction of sp³-hybridized carbons (Fsp3) is 0.625. The van der Waals surface area contributed by atoms with Crippen LogP contribution in [-0.4, -0.2) is 27.7 Å². The molecular formula is C8H10BrNO4. The van der Waals surface area contributed by atoms with Crippen LogP contribution >= 0.6 is 15.9 Å². The summed E-state index contributed by atoms with van der Waals surface area (Å²) in [6, 6.07) is 0. The molecule has 0 aromatic heterocycles. The van der Waals surface area contributed by atoms with E-state index in [1.165, 1.54) is 0 Å². The standard InChI is InChI=1S/C8H10BrNO4/c1-2-5(9)8(13)14-10-6(11)3-4-7(10)12/h5H,2-4H2,1H3. The lowest BCUT2D eigenvalue weighted by Crippen LogP contribution is -2.34. The summed E-state index contributed by atoms with van der Waals surface area (Å²) in [6.07, 6.45) is 0.769. The first kappa shape index (κ1) is 11.2. The van der Waals surface area contributed by atoms with Gasteiger partial charge in [0, 0.05) is 12.8 Å². The Balaban J connectivity index is 2.55. The summed E-state index contributed by atoms with van der Waals surface area (Å²) in [4.78, 5) is 37.4. The summed E-state index contributed by atoms with van der Waals surface area (Å²) in [6.45, 7) is 1.79. The van der Waals surface area contributed by atoms with Gasteiger partial charge in [0.25, 0.3) is 11.8 Å². The highest BCUT2D eigenvalue weighted by Crippen LogP contribution is 2.15. The van der Waals surface area contributed by atoms with Crippen LogP contribution in [0.25, 0.3) is 0 Å². The van der Waals surface area contributed by atoms with E-state index in [1.54, 1.807) is 6.92 Å². The molecule has 1 heterocycles. The van der Waals surface area contributed by atoms with Crippen LogP contribution < -0.4 is 0 Å². The molecule has 6 heteroatoms. The van der Waals surface area contributed by atoms with Crippen molar-refractivity contribution in [1.82, 2.24) is 5.06 Å². The predicted octanol–water partition coefficient (Wildman–Crippen LogP) is 0.767. The summed E-state index contributed by atoms with van der Waals surface area (Å²) in [5.74, 6) is -1.53. The molecule has 14 heavy (non-hydrogen) atoms. The molecule has 2 amide bonds. The average molecular weight is 264 g/mol. The minimum atomic E-state index is -0.615. The van der Waals surface area contributed by atoms with Crippen LogP contribution in [0.1, 0.15) is 26.2 Å².